The predicted molar refractivity (Wildman–Crippen MR) is 76.0 cm³/mol. The van der Waals surface area contributed by atoms with Crippen LogP contribution in [-0.2, 0) is 10.5 Å². The van der Waals surface area contributed by atoms with Gasteiger partial charge >= 0.3 is 0 Å². The number of anilines is 1. The zero-order valence-corrected chi connectivity index (χ0v) is 12.1. The van der Waals surface area contributed by atoms with Gasteiger partial charge in [-0.15, -0.1) is 22.0 Å². The molecule has 2 rings (SSSR count). The van der Waals surface area contributed by atoms with Gasteiger partial charge in [0.25, 0.3) is 0 Å². The van der Waals surface area contributed by atoms with E-state index in [1.165, 1.54) is 6.42 Å². The van der Waals surface area contributed by atoms with Crippen molar-refractivity contribution in [1.82, 2.24) is 15.1 Å². The maximum absolute atomic E-state index is 11.9. The molecule has 1 saturated heterocycles. The second kappa shape index (κ2) is 6.94. The summed E-state index contributed by atoms with van der Waals surface area (Å²) in [4.78, 5) is 13.9. The highest BCUT2D eigenvalue weighted by molar-refractivity contribution is 7.99. The number of rotatable bonds is 5. The van der Waals surface area contributed by atoms with E-state index in [4.69, 9.17) is 0 Å². The molecule has 1 aromatic rings. The standard InChI is InChI=1S/C11H18N4OS2/c1-12-11-14-13-9(18-11)7-17-8-10(16)15-5-3-2-4-6-15/h2-8H2,1H3,(H,12,14). The fourth-order valence-electron chi connectivity index (χ4n) is 1.87. The van der Waals surface area contributed by atoms with Crippen molar-refractivity contribution in [3.63, 3.8) is 0 Å². The van der Waals surface area contributed by atoms with E-state index in [9.17, 15) is 4.79 Å². The van der Waals surface area contributed by atoms with Crippen LogP contribution in [0, 0.1) is 0 Å². The normalized spacial score (nSPS) is 15.7. The SMILES string of the molecule is CNc1nnc(CSCC(=O)N2CCCCC2)s1. The number of thioether (sulfide) groups is 1. The quantitative estimate of drug-likeness (QED) is 0.895. The third-order valence-electron chi connectivity index (χ3n) is 2.84. The Morgan fingerprint density at radius 3 is 2.83 bits per heavy atom. The Morgan fingerprint density at radius 1 is 1.39 bits per heavy atom. The molecule has 1 amide bonds. The third kappa shape index (κ3) is 3.84. The summed E-state index contributed by atoms with van der Waals surface area (Å²) in [5.41, 5.74) is 0. The second-order valence-electron chi connectivity index (χ2n) is 4.19. The lowest BCUT2D eigenvalue weighted by Crippen LogP contribution is -2.36. The molecule has 5 nitrogen and oxygen atoms in total. The number of carbonyl (C=O) groups excluding carboxylic acids is 1. The minimum absolute atomic E-state index is 0.262. The number of nitrogens with one attached hydrogen (secondary N) is 1. The van der Waals surface area contributed by atoms with Crippen molar-refractivity contribution in [1.29, 1.82) is 0 Å². The molecule has 0 bridgehead atoms. The second-order valence-corrected chi connectivity index (χ2v) is 6.23. The summed E-state index contributed by atoms with van der Waals surface area (Å²) in [5, 5.41) is 12.8. The highest BCUT2D eigenvalue weighted by atomic mass is 32.2. The van der Waals surface area contributed by atoms with Crippen LogP contribution in [0.1, 0.15) is 24.3 Å². The van der Waals surface area contributed by atoms with Crippen molar-refractivity contribution >= 4 is 34.1 Å². The molecule has 100 valence electrons. The minimum atomic E-state index is 0.262. The van der Waals surface area contributed by atoms with Gasteiger partial charge in [-0.1, -0.05) is 11.3 Å². The molecule has 18 heavy (non-hydrogen) atoms. The fraction of sp³-hybridized carbons (Fsp3) is 0.727. The number of hydrogen-bond donors (Lipinski definition) is 1. The number of nitrogens with zero attached hydrogens (tertiary/aromatic N) is 3. The van der Waals surface area contributed by atoms with E-state index in [2.05, 4.69) is 15.5 Å². The molecule has 0 saturated carbocycles. The summed E-state index contributed by atoms with van der Waals surface area (Å²) in [6.45, 7) is 1.87. The lowest BCUT2D eigenvalue weighted by molar-refractivity contribution is -0.129. The van der Waals surface area contributed by atoms with E-state index < -0.39 is 0 Å². The lowest BCUT2D eigenvalue weighted by atomic mass is 10.1. The Morgan fingerprint density at radius 2 is 2.17 bits per heavy atom. The van der Waals surface area contributed by atoms with Gasteiger partial charge in [0.2, 0.25) is 11.0 Å². The summed E-state index contributed by atoms with van der Waals surface area (Å²) in [7, 11) is 1.83. The molecule has 0 radical (unpaired) electrons. The van der Waals surface area contributed by atoms with Crippen LogP contribution in [0.4, 0.5) is 5.13 Å². The van der Waals surface area contributed by atoms with Crippen molar-refractivity contribution in [2.24, 2.45) is 0 Å². The molecule has 1 aromatic heterocycles. The van der Waals surface area contributed by atoms with Gasteiger partial charge in [-0.3, -0.25) is 4.79 Å². The molecule has 0 atom stereocenters. The zero-order valence-electron chi connectivity index (χ0n) is 10.5. The smallest absolute Gasteiger partial charge is 0.232 e. The van der Waals surface area contributed by atoms with E-state index in [-0.39, 0.29) is 5.91 Å². The predicted octanol–water partition coefficient (Wildman–Crippen LogP) is 1.83. The van der Waals surface area contributed by atoms with Crippen molar-refractivity contribution in [2.75, 3.05) is 31.2 Å². The Balaban J connectivity index is 1.69. The number of likely N-dealkylation sites (tertiary alicyclic amines) is 1. The summed E-state index contributed by atoms with van der Waals surface area (Å²) < 4.78 is 0. The highest BCUT2D eigenvalue weighted by Crippen LogP contribution is 2.20. The van der Waals surface area contributed by atoms with Crippen LogP contribution in [0.5, 0.6) is 0 Å². The average Bonchev–Trinajstić information content (AvgIpc) is 2.87. The first-order valence-electron chi connectivity index (χ1n) is 6.15. The molecule has 1 aliphatic rings. The first-order chi connectivity index (χ1) is 8.79. The molecule has 1 aliphatic heterocycles. The molecule has 0 unspecified atom stereocenters. The maximum atomic E-state index is 11.9. The molecule has 0 spiro atoms. The van der Waals surface area contributed by atoms with E-state index in [0.29, 0.717) is 5.75 Å². The van der Waals surface area contributed by atoms with Crippen LogP contribution in [0.15, 0.2) is 0 Å². The van der Waals surface area contributed by atoms with Crippen LogP contribution >= 0.6 is 23.1 Å². The number of amides is 1. The number of hydrogen-bond acceptors (Lipinski definition) is 6. The average molecular weight is 286 g/mol. The topological polar surface area (TPSA) is 58.1 Å². The largest absolute Gasteiger partial charge is 0.363 e. The van der Waals surface area contributed by atoms with E-state index in [1.807, 2.05) is 11.9 Å². The van der Waals surface area contributed by atoms with Crippen LogP contribution in [0.3, 0.4) is 0 Å². The first kappa shape index (κ1) is 13.6. The van der Waals surface area contributed by atoms with Crippen molar-refractivity contribution in [3.8, 4) is 0 Å². The molecule has 2 heterocycles. The summed E-state index contributed by atoms with van der Waals surface area (Å²) >= 11 is 3.16. The van der Waals surface area contributed by atoms with E-state index in [0.717, 1.165) is 41.8 Å². The van der Waals surface area contributed by atoms with Gasteiger partial charge in [-0.25, -0.2) is 0 Å². The molecular formula is C11H18N4OS2. The monoisotopic (exact) mass is 286 g/mol. The Bertz CT molecular complexity index is 390. The number of aromatic nitrogens is 2. The molecule has 0 aromatic carbocycles. The third-order valence-corrected chi connectivity index (χ3v) is 4.89. The summed E-state index contributed by atoms with van der Waals surface area (Å²) in [5.74, 6) is 1.57. The lowest BCUT2D eigenvalue weighted by Gasteiger charge is -2.26. The molecule has 7 heteroatoms. The first-order valence-corrected chi connectivity index (χ1v) is 8.12. The van der Waals surface area contributed by atoms with Crippen LogP contribution in [-0.4, -0.2) is 46.9 Å². The van der Waals surface area contributed by atoms with Gasteiger partial charge < -0.3 is 10.2 Å². The van der Waals surface area contributed by atoms with Crippen LogP contribution < -0.4 is 5.32 Å². The van der Waals surface area contributed by atoms with Gasteiger partial charge in [-0.05, 0) is 19.3 Å². The van der Waals surface area contributed by atoms with Gasteiger partial charge in [0.15, 0.2) is 0 Å². The molecular weight excluding hydrogens is 268 g/mol. The van der Waals surface area contributed by atoms with Gasteiger partial charge in [0.05, 0.1) is 5.75 Å². The zero-order chi connectivity index (χ0) is 12.8. The Labute approximate surface area is 115 Å². The summed E-state index contributed by atoms with van der Waals surface area (Å²) in [6, 6.07) is 0. The molecule has 0 aliphatic carbocycles. The van der Waals surface area contributed by atoms with Crippen LogP contribution in [0.25, 0.3) is 0 Å². The van der Waals surface area contributed by atoms with E-state index >= 15 is 0 Å². The van der Waals surface area contributed by atoms with Gasteiger partial charge in [0, 0.05) is 25.9 Å². The van der Waals surface area contributed by atoms with Crippen molar-refractivity contribution in [2.45, 2.75) is 25.0 Å². The minimum Gasteiger partial charge on any atom is -0.363 e. The number of carbonyl (C=O) groups is 1. The van der Waals surface area contributed by atoms with Gasteiger partial charge in [0.1, 0.15) is 5.01 Å². The highest BCUT2D eigenvalue weighted by Gasteiger charge is 2.16. The maximum Gasteiger partial charge on any atom is 0.232 e. The Hall–Kier alpha value is -0.820. The molecule has 1 fully saturated rings. The van der Waals surface area contributed by atoms with Gasteiger partial charge in [-0.2, -0.15) is 0 Å². The number of piperidine rings is 1. The van der Waals surface area contributed by atoms with Crippen molar-refractivity contribution in [3.05, 3.63) is 5.01 Å². The summed E-state index contributed by atoms with van der Waals surface area (Å²) in [6.07, 6.45) is 3.56. The fourth-order valence-corrected chi connectivity index (χ4v) is 3.54. The molecule has 1 N–H and O–H groups in total. The van der Waals surface area contributed by atoms with Crippen molar-refractivity contribution < 1.29 is 4.79 Å². The van der Waals surface area contributed by atoms with E-state index in [1.54, 1.807) is 23.1 Å². The Kier molecular flexibility index (Phi) is 5.25. The van der Waals surface area contributed by atoms with Crippen LogP contribution in [0.2, 0.25) is 0 Å².